The molecule has 1 aromatic carbocycles. The van der Waals surface area contributed by atoms with Gasteiger partial charge in [-0.15, -0.1) is 0 Å². The Bertz CT molecular complexity index is 714. The minimum absolute atomic E-state index is 0.352. The van der Waals surface area contributed by atoms with Crippen LogP contribution < -0.4 is 5.32 Å². The van der Waals surface area contributed by atoms with Crippen LogP contribution >= 0.6 is 0 Å². The van der Waals surface area contributed by atoms with Crippen molar-refractivity contribution in [3.8, 4) is 0 Å². The molecule has 0 fully saturated rings. The summed E-state index contributed by atoms with van der Waals surface area (Å²) in [7, 11) is 0. The summed E-state index contributed by atoms with van der Waals surface area (Å²) in [5.41, 5.74) is 3.41. The van der Waals surface area contributed by atoms with E-state index in [1.54, 1.807) is 18.6 Å². The number of halogens is 1. The van der Waals surface area contributed by atoms with Gasteiger partial charge in [-0.25, -0.2) is 4.39 Å². The van der Waals surface area contributed by atoms with E-state index in [4.69, 9.17) is 0 Å². The van der Waals surface area contributed by atoms with Crippen LogP contribution in [0.2, 0.25) is 0 Å². The third-order valence-electron chi connectivity index (χ3n) is 2.74. The van der Waals surface area contributed by atoms with Gasteiger partial charge in [0.05, 0.1) is 29.1 Å². The van der Waals surface area contributed by atoms with Crippen LogP contribution in [0.15, 0.2) is 49.1 Å². The van der Waals surface area contributed by atoms with E-state index in [9.17, 15) is 4.39 Å². The SMILES string of the molecule is Fc1cncc(NCc2ccc3nccnc3c2)c1. The zero-order valence-electron chi connectivity index (χ0n) is 10.0. The standard InChI is InChI=1S/C14H11FN4/c15-11-6-12(9-16-8-11)19-7-10-1-2-13-14(5-10)18-4-3-17-13/h1-6,8-9,19H,7H2. The maximum absolute atomic E-state index is 13.0. The van der Waals surface area contributed by atoms with Crippen molar-refractivity contribution in [1.29, 1.82) is 0 Å². The Morgan fingerprint density at radius 3 is 2.68 bits per heavy atom. The van der Waals surface area contributed by atoms with Crippen molar-refractivity contribution in [2.75, 3.05) is 5.32 Å². The highest BCUT2D eigenvalue weighted by atomic mass is 19.1. The molecule has 0 unspecified atom stereocenters. The van der Waals surface area contributed by atoms with Crippen molar-refractivity contribution in [2.24, 2.45) is 0 Å². The molecule has 0 spiro atoms. The summed E-state index contributed by atoms with van der Waals surface area (Å²) in [5, 5.41) is 3.12. The third kappa shape index (κ3) is 2.65. The number of hydrogen-bond donors (Lipinski definition) is 1. The predicted molar refractivity (Wildman–Crippen MR) is 71.1 cm³/mol. The Labute approximate surface area is 109 Å². The Morgan fingerprint density at radius 1 is 1.00 bits per heavy atom. The molecule has 0 aliphatic carbocycles. The average molecular weight is 254 g/mol. The highest BCUT2D eigenvalue weighted by Gasteiger charge is 1.99. The summed E-state index contributed by atoms with van der Waals surface area (Å²) in [6.07, 6.45) is 6.09. The number of benzene rings is 1. The van der Waals surface area contributed by atoms with Gasteiger partial charge in [0.1, 0.15) is 5.82 Å². The molecule has 3 rings (SSSR count). The van der Waals surface area contributed by atoms with Crippen molar-refractivity contribution < 1.29 is 4.39 Å². The van der Waals surface area contributed by atoms with E-state index in [1.165, 1.54) is 12.3 Å². The summed E-state index contributed by atoms with van der Waals surface area (Å²) >= 11 is 0. The molecule has 94 valence electrons. The van der Waals surface area contributed by atoms with E-state index < -0.39 is 0 Å². The van der Waals surface area contributed by atoms with Crippen molar-refractivity contribution in [3.05, 3.63) is 60.4 Å². The summed E-state index contributed by atoms with van der Waals surface area (Å²) in [4.78, 5) is 12.2. The van der Waals surface area contributed by atoms with E-state index in [0.717, 1.165) is 16.6 Å². The number of aromatic nitrogens is 3. The number of anilines is 1. The average Bonchev–Trinajstić information content (AvgIpc) is 2.45. The smallest absolute Gasteiger partial charge is 0.143 e. The molecule has 0 saturated carbocycles. The molecule has 0 aliphatic heterocycles. The van der Waals surface area contributed by atoms with Crippen molar-refractivity contribution in [2.45, 2.75) is 6.54 Å². The summed E-state index contributed by atoms with van der Waals surface area (Å²) < 4.78 is 13.0. The van der Waals surface area contributed by atoms with Gasteiger partial charge in [0.2, 0.25) is 0 Å². The predicted octanol–water partition coefficient (Wildman–Crippen LogP) is 2.78. The second-order valence-electron chi connectivity index (χ2n) is 4.12. The Kier molecular flexibility index (Phi) is 3.02. The molecular weight excluding hydrogens is 243 g/mol. The fourth-order valence-electron chi connectivity index (χ4n) is 1.83. The number of rotatable bonds is 3. The monoisotopic (exact) mass is 254 g/mol. The van der Waals surface area contributed by atoms with Gasteiger partial charge in [-0.1, -0.05) is 6.07 Å². The van der Waals surface area contributed by atoms with Crippen molar-refractivity contribution in [3.63, 3.8) is 0 Å². The van der Waals surface area contributed by atoms with E-state index in [0.29, 0.717) is 12.2 Å². The first-order chi connectivity index (χ1) is 9.31. The minimum Gasteiger partial charge on any atom is -0.380 e. The van der Waals surface area contributed by atoms with Gasteiger partial charge >= 0.3 is 0 Å². The van der Waals surface area contributed by atoms with Crippen LogP contribution in [-0.2, 0) is 6.54 Å². The fraction of sp³-hybridized carbons (Fsp3) is 0.0714. The zero-order valence-corrected chi connectivity index (χ0v) is 10.0. The molecule has 5 heteroatoms. The lowest BCUT2D eigenvalue weighted by molar-refractivity contribution is 0.622. The first-order valence-electron chi connectivity index (χ1n) is 5.85. The molecule has 0 atom stereocenters. The van der Waals surface area contributed by atoms with Gasteiger partial charge in [-0.3, -0.25) is 15.0 Å². The van der Waals surface area contributed by atoms with Gasteiger partial charge in [-0.05, 0) is 17.7 Å². The number of hydrogen-bond acceptors (Lipinski definition) is 4. The normalized spacial score (nSPS) is 10.6. The molecule has 0 bridgehead atoms. The molecule has 19 heavy (non-hydrogen) atoms. The molecule has 0 radical (unpaired) electrons. The second-order valence-corrected chi connectivity index (χ2v) is 4.12. The molecule has 3 aromatic rings. The van der Waals surface area contributed by atoms with Crippen LogP contribution in [0, 0.1) is 5.82 Å². The van der Waals surface area contributed by atoms with Gasteiger partial charge < -0.3 is 5.32 Å². The van der Waals surface area contributed by atoms with Crippen LogP contribution in [0.1, 0.15) is 5.56 Å². The van der Waals surface area contributed by atoms with E-state index in [-0.39, 0.29) is 5.82 Å². The molecule has 0 aliphatic rings. The van der Waals surface area contributed by atoms with Crippen LogP contribution in [-0.4, -0.2) is 15.0 Å². The molecule has 2 heterocycles. The maximum atomic E-state index is 13.0. The number of pyridine rings is 1. The molecule has 0 saturated heterocycles. The summed E-state index contributed by atoms with van der Waals surface area (Å²) in [5.74, 6) is -0.352. The number of nitrogens with one attached hydrogen (secondary N) is 1. The summed E-state index contributed by atoms with van der Waals surface area (Å²) in [6.45, 7) is 0.581. The topological polar surface area (TPSA) is 50.7 Å². The molecule has 4 nitrogen and oxygen atoms in total. The molecule has 0 amide bonds. The highest BCUT2D eigenvalue weighted by molar-refractivity contribution is 5.74. The lowest BCUT2D eigenvalue weighted by Crippen LogP contribution is -2.00. The largest absolute Gasteiger partial charge is 0.380 e. The Hall–Kier alpha value is -2.56. The van der Waals surface area contributed by atoms with Crippen LogP contribution in [0.5, 0.6) is 0 Å². The number of nitrogens with zero attached hydrogens (tertiary/aromatic N) is 3. The van der Waals surface area contributed by atoms with Gasteiger partial charge in [0, 0.05) is 25.0 Å². The van der Waals surface area contributed by atoms with E-state index in [2.05, 4.69) is 20.3 Å². The third-order valence-corrected chi connectivity index (χ3v) is 2.74. The fourth-order valence-corrected chi connectivity index (χ4v) is 1.83. The van der Waals surface area contributed by atoms with Gasteiger partial charge in [-0.2, -0.15) is 0 Å². The first-order valence-corrected chi connectivity index (χ1v) is 5.85. The Morgan fingerprint density at radius 2 is 1.84 bits per heavy atom. The zero-order chi connectivity index (χ0) is 13.1. The van der Waals surface area contributed by atoms with E-state index >= 15 is 0 Å². The highest BCUT2D eigenvalue weighted by Crippen LogP contribution is 2.13. The van der Waals surface area contributed by atoms with Gasteiger partial charge in [0.25, 0.3) is 0 Å². The lowest BCUT2D eigenvalue weighted by Gasteiger charge is -2.06. The van der Waals surface area contributed by atoms with E-state index in [1.807, 2.05) is 18.2 Å². The lowest BCUT2D eigenvalue weighted by atomic mass is 10.2. The Balaban J connectivity index is 1.78. The van der Waals surface area contributed by atoms with Crippen molar-refractivity contribution in [1.82, 2.24) is 15.0 Å². The summed E-state index contributed by atoms with van der Waals surface area (Å²) in [6, 6.07) is 7.26. The maximum Gasteiger partial charge on any atom is 0.143 e. The van der Waals surface area contributed by atoms with Gasteiger partial charge in [0.15, 0.2) is 0 Å². The number of fused-ring (bicyclic) bond motifs is 1. The van der Waals surface area contributed by atoms with Crippen LogP contribution in [0.25, 0.3) is 11.0 Å². The second kappa shape index (κ2) is 4.97. The van der Waals surface area contributed by atoms with Crippen molar-refractivity contribution >= 4 is 16.7 Å². The quantitative estimate of drug-likeness (QED) is 0.780. The first kappa shape index (κ1) is 11.5. The molecule has 1 N–H and O–H groups in total. The molecular formula is C14H11FN4. The van der Waals surface area contributed by atoms with Crippen LogP contribution in [0.3, 0.4) is 0 Å². The minimum atomic E-state index is -0.352. The molecule has 2 aromatic heterocycles. The van der Waals surface area contributed by atoms with Crippen LogP contribution in [0.4, 0.5) is 10.1 Å².